The van der Waals surface area contributed by atoms with Gasteiger partial charge >= 0.3 is 0 Å². The molecule has 0 saturated heterocycles. The molecule has 1 aromatic carbocycles. The van der Waals surface area contributed by atoms with Crippen LogP contribution in [0.15, 0.2) is 24.3 Å². The maximum absolute atomic E-state index is 11.4. The Morgan fingerprint density at radius 3 is 1.73 bits per heavy atom. The summed E-state index contributed by atoms with van der Waals surface area (Å²) in [5, 5.41) is 11.4. The standard InChI is InChI=1S/C23H39NO2/c1-3-5-7-9-11-13-17-21(18-14-12-10-8-6-4-2)22-19-15-16-20-23(22)24(25)26/h15-16,19-21H,3-14,17-18H2,1-2H3. The highest BCUT2D eigenvalue weighted by atomic mass is 16.6. The minimum absolute atomic E-state index is 0.204. The van der Waals surface area contributed by atoms with Crippen LogP contribution in [0.3, 0.4) is 0 Å². The van der Waals surface area contributed by atoms with Gasteiger partial charge in [-0.25, -0.2) is 0 Å². The predicted molar refractivity (Wildman–Crippen MR) is 112 cm³/mol. The molecule has 0 saturated carbocycles. The first-order valence-corrected chi connectivity index (χ1v) is 10.9. The van der Waals surface area contributed by atoms with Gasteiger partial charge in [-0.3, -0.25) is 10.1 Å². The van der Waals surface area contributed by atoms with Gasteiger partial charge < -0.3 is 0 Å². The Morgan fingerprint density at radius 1 is 0.769 bits per heavy atom. The number of rotatable bonds is 16. The van der Waals surface area contributed by atoms with Gasteiger partial charge in [-0.15, -0.1) is 0 Å². The zero-order valence-corrected chi connectivity index (χ0v) is 17.0. The van der Waals surface area contributed by atoms with E-state index in [4.69, 9.17) is 0 Å². The van der Waals surface area contributed by atoms with Crippen molar-refractivity contribution in [3.05, 3.63) is 39.9 Å². The summed E-state index contributed by atoms with van der Waals surface area (Å²) in [4.78, 5) is 11.2. The Kier molecular flexibility index (Phi) is 12.9. The molecule has 3 nitrogen and oxygen atoms in total. The summed E-state index contributed by atoms with van der Waals surface area (Å²) in [6.07, 6.45) is 17.5. The van der Waals surface area contributed by atoms with Gasteiger partial charge in [-0.05, 0) is 18.8 Å². The lowest BCUT2D eigenvalue weighted by Gasteiger charge is -2.17. The summed E-state index contributed by atoms with van der Waals surface area (Å²) in [5.74, 6) is 0.342. The van der Waals surface area contributed by atoms with Crippen LogP contribution in [0.1, 0.15) is 115 Å². The molecule has 0 radical (unpaired) electrons. The summed E-state index contributed by atoms with van der Waals surface area (Å²) in [6.45, 7) is 4.48. The number of hydrogen-bond donors (Lipinski definition) is 0. The highest BCUT2D eigenvalue weighted by Gasteiger charge is 2.21. The molecule has 0 atom stereocenters. The Hall–Kier alpha value is -1.38. The van der Waals surface area contributed by atoms with Gasteiger partial charge in [0.1, 0.15) is 0 Å². The van der Waals surface area contributed by atoms with Crippen LogP contribution >= 0.6 is 0 Å². The summed E-state index contributed by atoms with van der Waals surface area (Å²) < 4.78 is 0. The van der Waals surface area contributed by atoms with E-state index in [1.165, 1.54) is 77.0 Å². The van der Waals surface area contributed by atoms with Crippen LogP contribution in [-0.4, -0.2) is 4.92 Å². The van der Waals surface area contributed by atoms with Crippen molar-refractivity contribution in [3.8, 4) is 0 Å². The van der Waals surface area contributed by atoms with E-state index in [0.717, 1.165) is 18.4 Å². The van der Waals surface area contributed by atoms with Crippen LogP contribution in [-0.2, 0) is 0 Å². The Morgan fingerprint density at radius 2 is 1.23 bits per heavy atom. The van der Waals surface area contributed by atoms with E-state index in [1.807, 2.05) is 12.1 Å². The molecule has 3 heteroatoms. The van der Waals surface area contributed by atoms with E-state index >= 15 is 0 Å². The molecular weight excluding hydrogens is 322 g/mol. The zero-order valence-electron chi connectivity index (χ0n) is 17.0. The fraction of sp³-hybridized carbons (Fsp3) is 0.739. The predicted octanol–water partition coefficient (Wildman–Crippen LogP) is 8.18. The average molecular weight is 362 g/mol. The van der Waals surface area contributed by atoms with Crippen LogP contribution < -0.4 is 0 Å². The van der Waals surface area contributed by atoms with Crippen LogP contribution in [0, 0.1) is 10.1 Å². The van der Waals surface area contributed by atoms with Gasteiger partial charge in [0, 0.05) is 11.6 Å². The highest BCUT2D eigenvalue weighted by molar-refractivity contribution is 5.42. The molecule has 0 aliphatic rings. The van der Waals surface area contributed by atoms with E-state index in [1.54, 1.807) is 12.1 Å². The molecule has 0 aromatic heterocycles. The molecule has 0 fully saturated rings. The number of benzene rings is 1. The zero-order chi connectivity index (χ0) is 19.0. The lowest BCUT2D eigenvalue weighted by molar-refractivity contribution is -0.385. The first kappa shape index (κ1) is 22.7. The first-order chi connectivity index (χ1) is 12.7. The fourth-order valence-electron chi connectivity index (χ4n) is 3.80. The van der Waals surface area contributed by atoms with Crippen molar-refractivity contribution in [1.82, 2.24) is 0 Å². The van der Waals surface area contributed by atoms with Crippen molar-refractivity contribution >= 4 is 5.69 Å². The summed E-state index contributed by atoms with van der Waals surface area (Å²) in [6, 6.07) is 7.40. The van der Waals surface area contributed by atoms with Gasteiger partial charge in [0.05, 0.1) is 4.92 Å². The van der Waals surface area contributed by atoms with E-state index in [2.05, 4.69) is 13.8 Å². The maximum Gasteiger partial charge on any atom is 0.272 e. The molecule has 1 aromatic rings. The van der Waals surface area contributed by atoms with Crippen molar-refractivity contribution in [1.29, 1.82) is 0 Å². The molecule has 1 rings (SSSR count). The van der Waals surface area contributed by atoms with Gasteiger partial charge in [0.2, 0.25) is 0 Å². The lowest BCUT2D eigenvalue weighted by atomic mass is 9.87. The molecule has 0 heterocycles. The van der Waals surface area contributed by atoms with E-state index < -0.39 is 0 Å². The van der Waals surface area contributed by atoms with Crippen LogP contribution in [0.4, 0.5) is 5.69 Å². The Labute approximate surface area is 160 Å². The van der Waals surface area contributed by atoms with E-state index in [-0.39, 0.29) is 4.92 Å². The molecule has 0 aliphatic heterocycles. The summed E-state index contributed by atoms with van der Waals surface area (Å²) in [5.41, 5.74) is 1.27. The van der Waals surface area contributed by atoms with Crippen molar-refractivity contribution < 1.29 is 4.92 Å². The number of hydrogen-bond acceptors (Lipinski definition) is 2. The third-order valence-electron chi connectivity index (χ3n) is 5.39. The number of nitro benzene ring substituents is 1. The molecule has 0 N–H and O–H groups in total. The second-order valence-corrected chi connectivity index (χ2v) is 7.63. The minimum atomic E-state index is -0.204. The van der Waals surface area contributed by atoms with Gasteiger partial charge in [0.15, 0.2) is 0 Å². The Balaban J connectivity index is 2.56. The number of nitro groups is 1. The topological polar surface area (TPSA) is 43.1 Å². The summed E-state index contributed by atoms with van der Waals surface area (Å²) >= 11 is 0. The number of nitrogens with zero attached hydrogens (tertiary/aromatic N) is 1. The normalized spacial score (nSPS) is 11.2. The van der Waals surface area contributed by atoms with E-state index in [0.29, 0.717) is 11.6 Å². The second kappa shape index (κ2) is 14.8. The van der Waals surface area contributed by atoms with E-state index in [9.17, 15) is 10.1 Å². The molecule has 148 valence electrons. The maximum atomic E-state index is 11.4. The van der Waals surface area contributed by atoms with Crippen molar-refractivity contribution in [2.75, 3.05) is 0 Å². The first-order valence-electron chi connectivity index (χ1n) is 10.9. The Bertz CT molecular complexity index is 471. The second-order valence-electron chi connectivity index (χ2n) is 7.63. The largest absolute Gasteiger partial charge is 0.272 e. The van der Waals surface area contributed by atoms with Crippen molar-refractivity contribution in [2.45, 2.75) is 110 Å². The number of unbranched alkanes of at least 4 members (excludes halogenated alkanes) is 10. The summed E-state index contributed by atoms with van der Waals surface area (Å²) in [7, 11) is 0. The minimum Gasteiger partial charge on any atom is -0.258 e. The third kappa shape index (κ3) is 9.35. The molecular formula is C23H39NO2. The van der Waals surface area contributed by atoms with Crippen LogP contribution in [0.25, 0.3) is 0 Å². The molecule has 0 bridgehead atoms. The lowest BCUT2D eigenvalue weighted by Crippen LogP contribution is -2.04. The average Bonchev–Trinajstić information content (AvgIpc) is 2.65. The fourth-order valence-corrected chi connectivity index (χ4v) is 3.80. The third-order valence-corrected chi connectivity index (χ3v) is 5.39. The SMILES string of the molecule is CCCCCCCCC(CCCCCCCC)c1ccccc1[N+](=O)[O-]. The molecule has 0 amide bonds. The van der Waals surface area contributed by atoms with Crippen LogP contribution in [0.5, 0.6) is 0 Å². The van der Waals surface area contributed by atoms with Crippen molar-refractivity contribution in [2.24, 2.45) is 0 Å². The quantitative estimate of drug-likeness (QED) is 0.169. The molecule has 0 aliphatic carbocycles. The van der Waals surface area contributed by atoms with Crippen LogP contribution in [0.2, 0.25) is 0 Å². The molecule has 0 unspecified atom stereocenters. The van der Waals surface area contributed by atoms with Gasteiger partial charge in [-0.2, -0.15) is 0 Å². The molecule has 0 spiro atoms. The van der Waals surface area contributed by atoms with Gasteiger partial charge in [0.25, 0.3) is 5.69 Å². The molecule has 26 heavy (non-hydrogen) atoms. The van der Waals surface area contributed by atoms with Crippen molar-refractivity contribution in [3.63, 3.8) is 0 Å². The highest BCUT2D eigenvalue weighted by Crippen LogP contribution is 2.34. The monoisotopic (exact) mass is 361 g/mol. The smallest absolute Gasteiger partial charge is 0.258 e. The number of para-hydroxylation sites is 1. The van der Waals surface area contributed by atoms with Gasteiger partial charge in [-0.1, -0.05) is 109 Å².